The Kier molecular flexibility index (Phi) is 5.13. The van der Waals surface area contributed by atoms with Crippen LogP contribution in [0.2, 0.25) is 5.02 Å². The van der Waals surface area contributed by atoms with Crippen LogP contribution in [0.1, 0.15) is 19.3 Å². The van der Waals surface area contributed by atoms with Crippen LogP contribution in [0.15, 0.2) is 24.3 Å². The Morgan fingerprint density at radius 3 is 2.54 bits per heavy atom. The summed E-state index contributed by atoms with van der Waals surface area (Å²) < 4.78 is 0. The molecule has 5 nitrogen and oxygen atoms in total. The van der Waals surface area contributed by atoms with Gasteiger partial charge in [-0.05, 0) is 56.9 Å². The van der Waals surface area contributed by atoms with E-state index in [4.69, 9.17) is 11.6 Å². The van der Waals surface area contributed by atoms with Crippen LogP contribution in [0.4, 0.5) is 5.69 Å². The van der Waals surface area contributed by atoms with Crippen LogP contribution in [-0.4, -0.2) is 74.6 Å². The minimum Gasteiger partial charge on any atom is -0.367 e. The summed E-state index contributed by atoms with van der Waals surface area (Å²) in [6.07, 6.45) is 3.41. The molecule has 142 valence electrons. The molecule has 4 rings (SSSR count). The number of anilines is 1. The lowest BCUT2D eigenvalue weighted by atomic mass is 9.77. The fourth-order valence-corrected chi connectivity index (χ4v) is 5.21. The van der Waals surface area contributed by atoms with Crippen LogP contribution in [-0.2, 0) is 4.79 Å². The average Bonchev–Trinajstić information content (AvgIpc) is 2.98. The summed E-state index contributed by atoms with van der Waals surface area (Å²) >= 11 is 6.33. The van der Waals surface area contributed by atoms with Gasteiger partial charge in [0.25, 0.3) is 0 Å². The van der Waals surface area contributed by atoms with Gasteiger partial charge in [-0.15, -0.1) is 0 Å². The topological polar surface area (TPSA) is 38.8 Å². The molecule has 6 heteroatoms. The second kappa shape index (κ2) is 7.37. The molecule has 1 aromatic rings. The Balaban J connectivity index is 1.37. The second-order valence-electron chi connectivity index (χ2n) is 8.15. The lowest BCUT2D eigenvalue weighted by Gasteiger charge is -2.38. The second-order valence-corrected chi connectivity index (χ2v) is 8.56. The maximum Gasteiger partial charge on any atom is 0.240 e. The predicted octanol–water partition coefficient (Wildman–Crippen LogP) is 2.06. The Morgan fingerprint density at radius 1 is 1.15 bits per heavy atom. The number of amides is 1. The fraction of sp³-hybridized carbons (Fsp3) is 0.650. The summed E-state index contributed by atoms with van der Waals surface area (Å²) in [6.45, 7) is 6.50. The van der Waals surface area contributed by atoms with Crippen LogP contribution >= 0.6 is 11.6 Å². The molecule has 1 amide bonds. The Hall–Kier alpha value is -1.30. The Morgan fingerprint density at radius 2 is 1.85 bits per heavy atom. The van der Waals surface area contributed by atoms with E-state index in [-0.39, 0.29) is 6.04 Å². The van der Waals surface area contributed by atoms with Gasteiger partial charge in [-0.3, -0.25) is 9.69 Å². The van der Waals surface area contributed by atoms with Crippen molar-refractivity contribution in [3.8, 4) is 0 Å². The summed E-state index contributed by atoms with van der Waals surface area (Å²) in [5, 5.41) is 4.24. The third-order valence-electron chi connectivity index (χ3n) is 6.48. The Bertz CT molecular complexity index is 653. The molecule has 1 unspecified atom stereocenters. The van der Waals surface area contributed by atoms with Crippen LogP contribution < -0.4 is 10.2 Å². The number of carbonyl (C=O) groups is 1. The number of halogens is 1. The maximum atomic E-state index is 13.2. The van der Waals surface area contributed by atoms with Gasteiger partial charge in [0.1, 0.15) is 0 Å². The highest BCUT2D eigenvalue weighted by Gasteiger charge is 2.46. The van der Waals surface area contributed by atoms with Crippen molar-refractivity contribution in [3.63, 3.8) is 0 Å². The van der Waals surface area contributed by atoms with Gasteiger partial charge in [0.15, 0.2) is 0 Å². The van der Waals surface area contributed by atoms with Gasteiger partial charge in [-0.2, -0.15) is 0 Å². The zero-order chi connectivity index (χ0) is 18.1. The van der Waals surface area contributed by atoms with E-state index in [1.54, 1.807) is 0 Å². The largest absolute Gasteiger partial charge is 0.367 e. The standard InChI is InChI=1S/C20H29ClN4O/c1-23-15-20(6-8-22-9-7-20)14-18(23)19(26)25-12-10-24(11-13-25)17-5-3-2-4-16(17)21/h2-5,18,22H,6-15H2,1H3. The molecule has 0 radical (unpaired) electrons. The number of benzene rings is 1. The van der Waals surface area contributed by atoms with Gasteiger partial charge >= 0.3 is 0 Å². The third-order valence-corrected chi connectivity index (χ3v) is 6.80. The van der Waals surface area contributed by atoms with E-state index in [0.29, 0.717) is 11.3 Å². The number of hydrogen-bond acceptors (Lipinski definition) is 4. The van der Waals surface area contributed by atoms with Crippen molar-refractivity contribution in [2.75, 3.05) is 57.8 Å². The fourth-order valence-electron chi connectivity index (χ4n) is 4.95. The van der Waals surface area contributed by atoms with Crippen LogP contribution in [0.25, 0.3) is 0 Å². The normalized spacial score (nSPS) is 26.5. The number of likely N-dealkylation sites (tertiary alicyclic amines) is 1. The average molecular weight is 377 g/mol. The molecule has 1 aromatic carbocycles. The summed E-state index contributed by atoms with van der Waals surface area (Å²) in [7, 11) is 2.12. The smallest absolute Gasteiger partial charge is 0.240 e. The van der Waals surface area contributed by atoms with Gasteiger partial charge < -0.3 is 15.1 Å². The quantitative estimate of drug-likeness (QED) is 0.857. The minimum atomic E-state index is 0.0555. The van der Waals surface area contributed by atoms with Crippen LogP contribution in [0.3, 0.4) is 0 Å². The molecule has 3 aliphatic rings. The van der Waals surface area contributed by atoms with Gasteiger partial charge in [0, 0.05) is 32.7 Å². The highest BCUT2D eigenvalue weighted by molar-refractivity contribution is 6.33. The molecular formula is C20H29ClN4O. The summed E-state index contributed by atoms with van der Waals surface area (Å²) in [5.41, 5.74) is 1.42. The van der Waals surface area contributed by atoms with E-state index in [1.165, 1.54) is 12.8 Å². The lowest BCUT2D eigenvalue weighted by Crippen LogP contribution is -2.53. The van der Waals surface area contributed by atoms with Gasteiger partial charge in [-0.25, -0.2) is 0 Å². The van der Waals surface area contributed by atoms with E-state index >= 15 is 0 Å². The van der Waals surface area contributed by atoms with Crippen molar-refractivity contribution in [1.29, 1.82) is 0 Å². The molecule has 26 heavy (non-hydrogen) atoms. The molecule has 1 N–H and O–H groups in total. The van der Waals surface area contributed by atoms with E-state index in [0.717, 1.165) is 62.9 Å². The number of rotatable bonds is 2. The number of likely N-dealkylation sites (N-methyl/N-ethyl adjacent to an activating group) is 1. The maximum absolute atomic E-state index is 13.2. The number of carbonyl (C=O) groups excluding carboxylic acids is 1. The molecule has 0 aromatic heterocycles. The number of nitrogens with zero attached hydrogens (tertiary/aromatic N) is 3. The summed E-state index contributed by atoms with van der Waals surface area (Å²) in [6, 6.07) is 8.02. The van der Waals surface area contributed by atoms with Crippen molar-refractivity contribution in [3.05, 3.63) is 29.3 Å². The van der Waals surface area contributed by atoms with E-state index in [1.807, 2.05) is 18.2 Å². The lowest BCUT2D eigenvalue weighted by molar-refractivity contribution is -0.135. The molecule has 3 aliphatic heterocycles. The van der Waals surface area contributed by atoms with Gasteiger partial charge in [0.2, 0.25) is 5.91 Å². The van der Waals surface area contributed by atoms with E-state index in [9.17, 15) is 4.79 Å². The molecule has 0 bridgehead atoms. The number of hydrogen-bond donors (Lipinski definition) is 1. The van der Waals surface area contributed by atoms with Crippen molar-refractivity contribution in [2.45, 2.75) is 25.3 Å². The molecule has 3 fully saturated rings. The van der Waals surface area contributed by atoms with E-state index < -0.39 is 0 Å². The first kappa shape index (κ1) is 18.1. The van der Waals surface area contributed by atoms with Gasteiger partial charge in [-0.1, -0.05) is 23.7 Å². The zero-order valence-corrected chi connectivity index (χ0v) is 16.3. The Labute approximate surface area is 161 Å². The first-order valence-corrected chi connectivity index (χ1v) is 10.2. The monoisotopic (exact) mass is 376 g/mol. The molecule has 1 spiro atoms. The number of piperazine rings is 1. The predicted molar refractivity (Wildman–Crippen MR) is 106 cm³/mol. The highest BCUT2D eigenvalue weighted by atomic mass is 35.5. The van der Waals surface area contributed by atoms with Crippen molar-refractivity contribution in [2.24, 2.45) is 5.41 Å². The van der Waals surface area contributed by atoms with Crippen molar-refractivity contribution >= 4 is 23.2 Å². The van der Waals surface area contributed by atoms with Crippen molar-refractivity contribution in [1.82, 2.24) is 15.1 Å². The molecule has 3 saturated heterocycles. The SMILES string of the molecule is CN1CC2(CCNCC2)CC1C(=O)N1CCN(c2ccccc2Cl)CC1. The molecule has 3 heterocycles. The number of nitrogens with one attached hydrogen (secondary N) is 1. The van der Waals surface area contributed by atoms with E-state index in [2.05, 4.69) is 33.1 Å². The summed E-state index contributed by atoms with van der Waals surface area (Å²) in [5.74, 6) is 0.321. The number of piperidine rings is 1. The number of para-hydroxylation sites is 1. The summed E-state index contributed by atoms with van der Waals surface area (Å²) in [4.78, 5) is 19.8. The third kappa shape index (κ3) is 3.45. The minimum absolute atomic E-state index is 0.0555. The van der Waals surface area contributed by atoms with Gasteiger partial charge in [0.05, 0.1) is 16.8 Å². The zero-order valence-electron chi connectivity index (χ0n) is 15.6. The van der Waals surface area contributed by atoms with Crippen molar-refractivity contribution < 1.29 is 4.79 Å². The molecule has 0 saturated carbocycles. The van der Waals surface area contributed by atoms with Crippen LogP contribution in [0.5, 0.6) is 0 Å². The first-order chi connectivity index (χ1) is 12.6. The molecule has 1 atom stereocenters. The first-order valence-electron chi connectivity index (χ1n) is 9.77. The van der Waals surface area contributed by atoms with Crippen LogP contribution in [0, 0.1) is 5.41 Å². The molecular weight excluding hydrogens is 348 g/mol. The molecule has 0 aliphatic carbocycles. The highest BCUT2D eigenvalue weighted by Crippen LogP contribution is 2.41.